The van der Waals surface area contributed by atoms with Crippen LogP contribution in [0.2, 0.25) is 0 Å². The lowest BCUT2D eigenvalue weighted by atomic mass is 9.96. The zero-order chi connectivity index (χ0) is 14.1. The van der Waals surface area contributed by atoms with Gasteiger partial charge < -0.3 is 14.8 Å². The van der Waals surface area contributed by atoms with E-state index < -0.39 is 0 Å². The summed E-state index contributed by atoms with van der Waals surface area (Å²) in [6.07, 6.45) is 6.14. The van der Waals surface area contributed by atoms with Crippen LogP contribution in [0.1, 0.15) is 37.3 Å². The van der Waals surface area contributed by atoms with E-state index in [-0.39, 0.29) is 6.10 Å². The van der Waals surface area contributed by atoms with Crippen molar-refractivity contribution >= 4 is 15.9 Å². The molecule has 3 rings (SSSR count). The van der Waals surface area contributed by atoms with Crippen LogP contribution in [-0.4, -0.2) is 25.8 Å². The van der Waals surface area contributed by atoms with E-state index in [4.69, 9.17) is 9.47 Å². The summed E-state index contributed by atoms with van der Waals surface area (Å²) in [6, 6.07) is 2.72. The minimum absolute atomic E-state index is 0.234. The largest absolute Gasteiger partial charge is 0.493 e. The summed E-state index contributed by atoms with van der Waals surface area (Å²) in [6.45, 7) is 3.25. The summed E-state index contributed by atoms with van der Waals surface area (Å²) in [4.78, 5) is 0. The van der Waals surface area contributed by atoms with Crippen molar-refractivity contribution < 1.29 is 9.47 Å². The topological polar surface area (TPSA) is 30.5 Å². The first-order valence-electron chi connectivity index (χ1n) is 7.47. The van der Waals surface area contributed by atoms with Crippen LogP contribution < -0.4 is 14.8 Å². The Hall–Kier alpha value is -0.740. The lowest BCUT2D eigenvalue weighted by Gasteiger charge is -2.24. The molecular weight excluding hydrogens is 318 g/mol. The molecule has 0 bridgehead atoms. The van der Waals surface area contributed by atoms with Gasteiger partial charge in [-0.25, -0.2) is 0 Å². The lowest BCUT2D eigenvalue weighted by Crippen LogP contribution is -2.35. The van der Waals surface area contributed by atoms with Crippen LogP contribution in [0.4, 0.5) is 0 Å². The Kier molecular flexibility index (Phi) is 4.22. The van der Waals surface area contributed by atoms with Crippen molar-refractivity contribution in [2.24, 2.45) is 0 Å². The highest BCUT2D eigenvalue weighted by molar-refractivity contribution is 9.10. The number of nitrogens with one attached hydrogen (secondary N) is 1. The molecule has 1 N–H and O–H groups in total. The number of hydrogen-bond donors (Lipinski definition) is 1. The summed E-state index contributed by atoms with van der Waals surface area (Å²) in [7, 11) is 1.72. The highest BCUT2D eigenvalue weighted by Gasteiger charge is 2.28. The fourth-order valence-electron chi connectivity index (χ4n) is 3.24. The zero-order valence-corrected chi connectivity index (χ0v) is 13.8. The molecule has 2 heterocycles. The van der Waals surface area contributed by atoms with E-state index in [0.717, 1.165) is 30.9 Å². The number of fused-ring (bicyclic) bond motifs is 1. The minimum Gasteiger partial charge on any atom is -0.493 e. The van der Waals surface area contributed by atoms with Crippen molar-refractivity contribution in [3.63, 3.8) is 0 Å². The van der Waals surface area contributed by atoms with E-state index in [1.807, 2.05) is 0 Å². The number of rotatable bonds is 3. The average Bonchev–Trinajstić information content (AvgIpc) is 2.85. The molecule has 2 unspecified atom stereocenters. The minimum atomic E-state index is 0.234. The van der Waals surface area contributed by atoms with Gasteiger partial charge in [0, 0.05) is 22.5 Å². The maximum atomic E-state index is 5.88. The van der Waals surface area contributed by atoms with Crippen LogP contribution >= 0.6 is 15.9 Å². The van der Waals surface area contributed by atoms with Gasteiger partial charge in [0.2, 0.25) is 0 Å². The van der Waals surface area contributed by atoms with E-state index in [0.29, 0.717) is 6.04 Å². The van der Waals surface area contributed by atoms with Crippen molar-refractivity contribution in [3.8, 4) is 11.5 Å². The predicted molar refractivity (Wildman–Crippen MR) is 83.8 cm³/mol. The van der Waals surface area contributed by atoms with Crippen molar-refractivity contribution in [2.45, 2.75) is 51.2 Å². The summed E-state index contributed by atoms with van der Waals surface area (Å²) in [5, 5.41) is 3.62. The second kappa shape index (κ2) is 5.94. The average molecular weight is 340 g/mol. The number of hydrogen-bond acceptors (Lipinski definition) is 3. The summed E-state index contributed by atoms with van der Waals surface area (Å²) >= 11 is 3.79. The number of halogens is 1. The molecule has 4 heteroatoms. The molecule has 1 fully saturated rings. The predicted octanol–water partition coefficient (Wildman–Crippen LogP) is 3.47. The van der Waals surface area contributed by atoms with Gasteiger partial charge in [-0.15, -0.1) is 0 Å². The molecule has 1 aromatic carbocycles. The van der Waals surface area contributed by atoms with Gasteiger partial charge in [0.25, 0.3) is 0 Å². The normalized spacial score (nSPS) is 25.1. The van der Waals surface area contributed by atoms with Crippen molar-refractivity contribution in [3.05, 3.63) is 21.7 Å². The van der Waals surface area contributed by atoms with Gasteiger partial charge in [-0.05, 0) is 44.4 Å². The van der Waals surface area contributed by atoms with Crippen LogP contribution in [0.25, 0.3) is 0 Å². The first-order chi connectivity index (χ1) is 9.69. The van der Waals surface area contributed by atoms with Gasteiger partial charge in [0.05, 0.1) is 7.11 Å². The van der Waals surface area contributed by atoms with Crippen molar-refractivity contribution in [1.82, 2.24) is 5.32 Å². The van der Waals surface area contributed by atoms with Gasteiger partial charge in [-0.3, -0.25) is 0 Å². The van der Waals surface area contributed by atoms with Crippen molar-refractivity contribution in [2.75, 3.05) is 13.7 Å². The second-order valence-corrected chi connectivity index (χ2v) is 6.64. The molecule has 0 amide bonds. The Morgan fingerprint density at radius 2 is 2.30 bits per heavy atom. The number of piperidine rings is 1. The zero-order valence-electron chi connectivity index (χ0n) is 12.2. The Morgan fingerprint density at radius 3 is 3.00 bits per heavy atom. The maximum absolute atomic E-state index is 5.88. The van der Waals surface area contributed by atoms with Crippen molar-refractivity contribution in [1.29, 1.82) is 0 Å². The molecule has 0 aliphatic carbocycles. The van der Waals surface area contributed by atoms with Gasteiger partial charge >= 0.3 is 0 Å². The highest BCUT2D eigenvalue weighted by atomic mass is 79.9. The molecule has 20 heavy (non-hydrogen) atoms. The first-order valence-corrected chi connectivity index (χ1v) is 8.26. The Bertz CT molecular complexity index is 498. The smallest absolute Gasteiger partial charge is 0.166 e. The SMILES string of the molecule is COc1cc(CC2CCCCN2)c(Br)c2c1OC(C)C2. The molecule has 0 saturated carbocycles. The monoisotopic (exact) mass is 339 g/mol. The highest BCUT2D eigenvalue weighted by Crippen LogP contribution is 2.44. The van der Waals surface area contributed by atoms with E-state index in [2.05, 4.69) is 34.2 Å². The Balaban J connectivity index is 1.89. The lowest BCUT2D eigenvalue weighted by molar-refractivity contribution is 0.243. The molecule has 2 aliphatic heterocycles. The van der Waals surface area contributed by atoms with E-state index in [1.165, 1.54) is 34.9 Å². The summed E-state index contributed by atoms with van der Waals surface area (Å²) in [5.74, 6) is 1.80. The van der Waals surface area contributed by atoms with Crippen LogP contribution in [0.5, 0.6) is 11.5 Å². The van der Waals surface area contributed by atoms with E-state index in [9.17, 15) is 0 Å². The van der Waals surface area contributed by atoms with Crippen LogP contribution in [0.3, 0.4) is 0 Å². The fraction of sp³-hybridized carbons (Fsp3) is 0.625. The first kappa shape index (κ1) is 14.2. The van der Waals surface area contributed by atoms with Crippen LogP contribution in [0.15, 0.2) is 10.5 Å². The fourth-order valence-corrected chi connectivity index (χ4v) is 3.85. The molecule has 2 aliphatic rings. The molecule has 110 valence electrons. The van der Waals surface area contributed by atoms with E-state index >= 15 is 0 Å². The third-order valence-electron chi connectivity index (χ3n) is 4.26. The molecule has 1 saturated heterocycles. The third kappa shape index (κ3) is 2.68. The van der Waals surface area contributed by atoms with Gasteiger partial charge in [0.15, 0.2) is 11.5 Å². The number of benzene rings is 1. The Morgan fingerprint density at radius 1 is 1.45 bits per heavy atom. The molecule has 0 spiro atoms. The molecule has 3 nitrogen and oxygen atoms in total. The molecule has 0 radical (unpaired) electrons. The molecular formula is C16H22BrNO2. The summed E-state index contributed by atoms with van der Waals surface area (Å²) in [5.41, 5.74) is 2.60. The second-order valence-electron chi connectivity index (χ2n) is 5.84. The molecule has 2 atom stereocenters. The van der Waals surface area contributed by atoms with Crippen LogP contribution in [0, 0.1) is 0 Å². The van der Waals surface area contributed by atoms with Crippen LogP contribution in [-0.2, 0) is 12.8 Å². The number of methoxy groups -OCH3 is 1. The van der Waals surface area contributed by atoms with Gasteiger partial charge in [-0.1, -0.05) is 22.4 Å². The third-order valence-corrected chi connectivity index (χ3v) is 5.25. The quantitative estimate of drug-likeness (QED) is 0.914. The summed E-state index contributed by atoms with van der Waals surface area (Å²) < 4.78 is 12.6. The van der Waals surface area contributed by atoms with E-state index in [1.54, 1.807) is 7.11 Å². The van der Waals surface area contributed by atoms with Gasteiger partial charge in [-0.2, -0.15) is 0 Å². The molecule has 1 aromatic rings. The van der Waals surface area contributed by atoms with Gasteiger partial charge in [0.1, 0.15) is 6.10 Å². The standard InChI is InChI=1S/C16H22BrNO2/c1-10-7-13-15(17)11(8-12-5-3-4-6-18-12)9-14(19-2)16(13)20-10/h9-10,12,18H,3-8H2,1-2H3. The molecule has 0 aromatic heterocycles. The Labute approximate surface area is 129 Å². The number of ether oxygens (including phenoxy) is 2. The maximum Gasteiger partial charge on any atom is 0.166 e.